The third-order valence-corrected chi connectivity index (χ3v) is 2.81. The van der Waals surface area contributed by atoms with Gasteiger partial charge in [0.25, 0.3) is 5.91 Å². The maximum Gasteiger partial charge on any atom is 0.253 e. The van der Waals surface area contributed by atoms with Crippen molar-refractivity contribution in [3.8, 4) is 0 Å². The van der Waals surface area contributed by atoms with Crippen molar-refractivity contribution in [2.24, 2.45) is 0 Å². The molecule has 1 rings (SSSR count). The molecule has 17 heavy (non-hydrogen) atoms. The van der Waals surface area contributed by atoms with Gasteiger partial charge in [0, 0.05) is 19.2 Å². The zero-order valence-electron chi connectivity index (χ0n) is 9.76. The van der Waals surface area contributed by atoms with Gasteiger partial charge in [-0.1, -0.05) is 35.4 Å². The van der Waals surface area contributed by atoms with Gasteiger partial charge in [-0.15, -0.1) is 0 Å². The molecule has 0 aliphatic heterocycles. The van der Waals surface area contributed by atoms with Gasteiger partial charge in [0.15, 0.2) is 0 Å². The number of benzene rings is 1. The number of hydrogen-bond acceptors (Lipinski definition) is 2. The summed E-state index contributed by atoms with van der Waals surface area (Å²) in [5, 5.41) is 0.564. The summed E-state index contributed by atoms with van der Waals surface area (Å²) in [5.74, 6) is -0.170. The lowest BCUT2D eigenvalue weighted by Gasteiger charge is -2.17. The fraction of sp³-hybridized carbons (Fsp3) is 0.250. The Morgan fingerprint density at radius 1 is 1.41 bits per heavy atom. The van der Waals surface area contributed by atoms with E-state index in [1.165, 1.54) is 12.1 Å². The highest BCUT2D eigenvalue weighted by molar-refractivity contribution is 6.39. The number of carbonyl (C=O) groups is 1. The largest absolute Gasteiger partial charge is 0.396 e. The number of anilines is 1. The molecule has 1 aromatic rings. The van der Waals surface area contributed by atoms with Crippen LogP contribution < -0.4 is 5.73 Å². The molecule has 2 N–H and O–H groups in total. The molecule has 0 bridgehead atoms. The lowest BCUT2D eigenvalue weighted by atomic mass is 10.1. The van der Waals surface area contributed by atoms with Gasteiger partial charge in [-0.05, 0) is 19.1 Å². The van der Waals surface area contributed by atoms with Gasteiger partial charge < -0.3 is 10.6 Å². The average Bonchev–Trinajstić information content (AvgIpc) is 2.23. The fourth-order valence-corrected chi connectivity index (χ4v) is 1.89. The van der Waals surface area contributed by atoms with Crippen LogP contribution in [0.2, 0.25) is 10.0 Å². The molecule has 0 saturated heterocycles. The summed E-state index contributed by atoms with van der Waals surface area (Å²) < 4.78 is 0. The number of halogens is 2. The van der Waals surface area contributed by atoms with E-state index in [9.17, 15) is 4.79 Å². The van der Waals surface area contributed by atoms with Gasteiger partial charge in [-0.3, -0.25) is 4.79 Å². The van der Waals surface area contributed by atoms with E-state index in [4.69, 9.17) is 28.9 Å². The first-order valence-electron chi connectivity index (χ1n) is 4.97. The van der Waals surface area contributed by atoms with Crippen LogP contribution in [0.25, 0.3) is 0 Å². The molecular weight excluding hydrogens is 259 g/mol. The van der Waals surface area contributed by atoms with E-state index in [-0.39, 0.29) is 21.6 Å². The van der Waals surface area contributed by atoms with Gasteiger partial charge >= 0.3 is 0 Å². The third-order valence-electron chi connectivity index (χ3n) is 2.18. The molecule has 0 fully saturated rings. The Balaban J connectivity index is 3.01. The van der Waals surface area contributed by atoms with Gasteiger partial charge in [-0.25, -0.2) is 0 Å². The quantitative estimate of drug-likeness (QED) is 0.679. The summed E-state index contributed by atoms with van der Waals surface area (Å²) in [4.78, 5) is 13.6. The number of nitrogens with two attached hydrogens (primary N) is 1. The third kappa shape index (κ3) is 3.38. The molecule has 0 radical (unpaired) electrons. The van der Waals surface area contributed by atoms with E-state index in [0.717, 1.165) is 5.57 Å². The number of hydrogen-bond donors (Lipinski definition) is 1. The van der Waals surface area contributed by atoms with Gasteiger partial charge in [-0.2, -0.15) is 0 Å². The number of nitrogen functional groups attached to an aromatic ring is 1. The minimum absolute atomic E-state index is 0.170. The van der Waals surface area contributed by atoms with Crippen LogP contribution in [0.15, 0.2) is 24.3 Å². The van der Waals surface area contributed by atoms with E-state index in [1.54, 1.807) is 11.9 Å². The topological polar surface area (TPSA) is 46.3 Å². The van der Waals surface area contributed by atoms with Crippen molar-refractivity contribution in [3.05, 3.63) is 39.9 Å². The molecule has 0 unspecified atom stereocenters. The highest BCUT2D eigenvalue weighted by Gasteiger charge is 2.14. The second-order valence-corrected chi connectivity index (χ2v) is 4.79. The summed E-state index contributed by atoms with van der Waals surface area (Å²) in [6, 6.07) is 3.03. The number of carbonyl (C=O) groups excluding carboxylic acids is 1. The van der Waals surface area contributed by atoms with Crippen LogP contribution in [0.5, 0.6) is 0 Å². The molecule has 92 valence electrons. The molecule has 1 amide bonds. The Morgan fingerprint density at radius 3 is 2.29 bits per heavy atom. The van der Waals surface area contributed by atoms with Crippen molar-refractivity contribution >= 4 is 34.8 Å². The number of rotatable bonds is 3. The molecule has 0 atom stereocenters. The maximum absolute atomic E-state index is 12.0. The zero-order chi connectivity index (χ0) is 13.2. The van der Waals surface area contributed by atoms with E-state index in [2.05, 4.69) is 6.58 Å². The maximum atomic E-state index is 12.0. The summed E-state index contributed by atoms with van der Waals surface area (Å²) in [5.41, 5.74) is 7.20. The Hall–Kier alpha value is -1.19. The van der Waals surface area contributed by atoms with Crippen molar-refractivity contribution in [2.45, 2.75) is 6.92 Å². The smallest absolute Gasteiger partial charge is 0.253 e. The Labute approximate surface area is 111 Å². The molecule has 1 aromatic carbocycles. The first kappa shape index (κ1) is 13.9. The number of nitrogens with zero attached hydrogens (tertiary/aromatic N) is 1. The second-order valence-electron chi connectivity index (χ2n) is 3.97. The molecule has 0 aliphatic carbocycles. The molecular formula is C12H14Cl2N2O. The summed E-state index contributed by atoms with van der Waals surface area (Å²) in [6.45, 7) is 6.09. The van der Waals surface area contributed by atoms with Gasteiger partial charge in [0.05, 0.1) is 15.7 Å². The molecule has 3 nitrogen and oxygen atoms in total. The van der Waals surface area contributed by atoms with Crippen LogP contribution >= 0.6 is 23.2 Å². The van der Waals surface area contributed by atoms with Crippen LogP contribution in [0, 0.1) is 0 Å². The van der Waals surface area contributed by atoms with Crippen molar-refractivity contribution in [2.75, 3.05) is 19.3 Å². The van der Waals surface area contributed by atoms with E-state index >= 15 is 0 Å². The summed E-state index contributed by atoms with van der Waals surface area (Å²) in [6.07, 6.45) is 0. The minimum Gasteiger partial charge on any atom is -0.396 e. The zero-order valence-corrected chi connectivity index (χ0v) is 11.3. The monoisotopic (exact) mass is 272 g/mol. The van der Waals surface area contributed by atoms with E-state index in [0.29, 0.717) is 12.1 Å². The SMILES string of the molecule is C=C(C)CN(C)C(=O)c1cc(Cl)c(N)c(Cl)c1. The predicted octanol–water partition coefficient (Wildman–Crippen LogP) is 3.22. The molecule has 5 heteroatoms. The average molecular weight is 273 g/mol. The highest BCUT2D eigenvalue weighted by atomic mass is 35.5. The summed E-state index contributed by atoms with van der Waals surface area (Å²) >= 11 is 11.8. The van der Waals surface area contributed by atoms with Gasteiger partial charge in [0.2, 0.25) is 0 Å². The van der Waals surface area contributed by atoms with Crippen LogP contribution in [-0.4, -0.2) is 24.4 Å². The normalized spacial score (nSPS) is 10.1. The second kappa shape index (κ2) is 5.43. The van der Waals surface area contributed by atoms with E-state index < -0.39 is 0 Å². The number of likely N-dealkylation sites (N-methyl/N-ethyl adjacent to an activating group) is 1. The van der Waals surface area contributed by atoms with Crippen molar-refractivity contribution in [1.82, 2.24) is 4.90 Å². The fourth-order valence-electron chi connectivity index (χ4n) is 1.40. The van der Waals surface area contributed by atoms with Crippen LogP contribution in [0.3, 0.4) is 0 Å². The molecule has 0 aromatic heterocycles. The molecule has 0 saturated carbocycles. The predicted molar refractivity (Wildman–Crippen MR) is 72.6 cm³/mol. The van der Waals surface area contributed by atoms with E-state index in [1.807, 2.05) is 6.92 Å². The van der Waals surface area contributed by atoms with Crippen molar-refractivity contribution < 1.29 is 4.79 Å². The highest BCUT2D eigenvalue weighted by Crippen LogP contribution is 2.29. The Morgan fingerprint density at radius 2 is 1.88 bits per heavy atom. The lowest BCUT2D eigenvalue weighted by Crippen LogP contribution is -2.28. The minimum atomic E-state index is -0.170. The van der Waals surface area contributed by atoms with Crippen molar-refractivity contribution in [3.63, 3.8) is 0 Å². The Kier molecular flexibility index (Phi) is 4.43. The Bertz CT molecular complexity index is 449. The standard InChI is InChI=1S/C12H14Cl2N2O/c1-7(2)6-16(3)12(17)8-4-9(13)11(15)10(14)5-8/h4-5H,1,6,15H2,2-3H3. The summed E-state index contributed by atoms with van der Waals surface area (Å²) in [7, 11) is 1.69. The van der Waals surface area contributed by atoms with Gasteiger partial charge in [0.1, 0.15) is 0 Å². The van der Waals surface area contributed by atoms with Crippen molar-refractivity contribution in [1.29, 1.82) is 0 Å². The van der Waals surface area contributed by atoms with Crippen LogP contribution in [-0.2, 0) is 0 Å². The first-order chi connectivity index (χ1) is 7.82. The number of amides is 1. The lowest BCUT2D eigenvalue weighted by molar-refractivity contribution is 0.0807. The molecule has 0 heterocycles. The van der Waals surface area contributed by atoms with Crippen LogP contribution in [0.1, 0.15) is 17.3 Å². The molecule has 0 aliphatic rings. The first-order valence-corrected chi connectivity index (χ1v) is 5.73. The molecule has 0 spiro atoms. The van der Waals surface area contributed by atoms with Crippen LogP contribution in [0.4, 0.5) is 5.69 Å².